The molecule has 0 aliphatic heterocycles. The molecule has 0 atom stereocenters. The van der Waals surface area contributed by atoms with E-state index in [9.17, 15) is 19.2 Å². The van der Waals surface area contributed by atoms with Crippen LogP contribution in [0.1, 0.15) is 12.5 Å². The Labute approximate surface area is 218 Å². The van der Waals surface area contributed by atoms with E-state index in [1.54, 1.807) is 38.3 Å². The first-order chi connectivity index (χ1) is 17.8. The van der Waals surface area contributed by atoms with Gasteiger partial charge in [0.05, 0.1) is 18.7 Å². The predicted octanol–water partition coefficient (Wildman–Crippen LogP) is 5.45. The average Bonchev–Trinajstić information content (AvgIpc) is 2.88. The van der Waals surface area contributed by atoms with Crippen LogP contribution in [0.3, 0.4) is 0 Å². The number of nitrogens with one attached hydrogen (secondary N) is 2. The highest BCUT2D eigenvalue weighted by atomic mass is 35.5. The third kappa shape index (κ3) is 7.72. The number of amides is 2. The molecule has 0 spiro atoms. The topological polar surface area (TPSA) is 110 Å². The van der Waals surface area contributed by atoms with Crippen LogP contribution in [0.2, 0.25) is 5.02 Å². The lowest BCUT2D eigenvalue weighted by atomic mass is 10.1. The largest absolute Gasteiger partial charge is 0.497 e. The Kier molecular flexibility index (Phi) is 9.47. The van der Waals surface area contributed by atoms with Gasteiger partial charge in [-0.2, -0.15) is 5.26 Å². The number of hydrogen-bond acceptors (Lipinski definition) is 6. The first-order valence-electron chi connectivity index (χ1n) is 11.0. The molecule has 0 saturated carbocycles. The fraction of sp³-hybridized carbons (Fsp3) is 0.148. The van der Waals surface area contributed by atoms with Gasteiger partial charge >= 0.3 is 0 Å². The van der Waals surface area contributed by atoms with Crippen LogP contribution in [0.5, 0.6) is 17.2 Å². The summed E-state index contributed by atoms with van der Waals surface area (Å²) in [4.78, 5) is 24.9. The van der Waals surface area contributed by atoms with Gasteiger partial charge in [0.2, 0.25) is 0 Å². The summed E-state index contributed by atoms with van der Waals surface area (Å²) in [6.07, 6.45) is 1.33. The summed E-state index contributed by atoms with van der Waals surface area (Å²) in [5.41, 5.74) is 1.08. The summed E-state index contributed by atoms with van der Waals surface area (Å²) in [5, 5.41) is 14.8. The van der Waals surface area contributed by atoms with Crippen LogP contribution >= 0.6 is 11.6 Å². The second-order valence-electron chi connectivity index (χ2n) is 7.46. The molecule has 0 aliphatic carbocycles. The lowest BCUT2D eigenvalue weighted by Crippen LogP contribution is -2.20. The van der Waals surface area contributed by atoms with Crippen molar-refractivity contribution in [3.05, 3.63) is 82.6 Å². The van der Waals surface area contributed by atoms with Crippen molar-refractivity contribution < 1.29 is 28.2 Å². The summed E-state index contributed by atoms with van der Waals surface area (Å²) < 4.78 is 29.4. The quantitative estimate of drug-likeness (QED) is 0.270. The van der Waals surface area contributed by atoms with E-state index in [-0.39, 0.29) is 35.3 Å². The van der Waals surface area contributed by atoms with Crippen LogP contribution in [0.4, 0.5) is 15.8 Å². The molecular weight excluding hydrogens is 501 g/mol. The molecule has 37 heavy (non-hydrogen) atoms. The van der Waals surface area contributed by atoms with Gasteiger partial charge in [-0.1, -0.05) is 11.6 Å². The van der Waals surface area contributed by atoms with Crippen LogP contribution in [0.25, 0.3) is 6.08 Å². The van der Waals surface area contributed by atoms with Gasteiger partial charge in [-0.25, -0.2) is 4.39 Å². The molecular formula is C27H23ClFN3O5. The van der Waals surface area contributed by atoms with E-state index in [1.165, 1.54) is 42.5 Å². The minimum atomic E-state index is -0.682. The number of carbonyl (C=O) groups is 2. The zero-order valence-electron chi connectivity index (χ0n) is 20.0. The van der Waals surface area contributed by atoms with Gasteiger partial charge in [-0.3, -0.25) is 9.59 Å². The van der Waals surface area contributed by atoms with Crippen LogP contribution in [0.15, 0.2) is 66.2 Å². The predicted molar refractivity (Wildman–Crippen MR) is 138 cm³/mol. The number of nitrogens with zero attached hydrogens (tertiary/aromatic N) is 1. The highest BCUT2D eigenvalue weighted by molar-refractivity contribution is 6.32. The Bertz CT molecular complexity index is 1340. The molecule has 10 heteroatoms. The Hall–Kier alpha value is -4.55. The van der Waals surface area contributed by atoms with Gasteiger partial charge in [0.1, 0.15) is 23.2 Å². The third-order valence-electron chi connectivity index (χ3n) is 4.83. The number of ether oxygens (including phenoxy) is 3. The molecule has 3 aromatic rings. The van der Waals surface area contributed by atoms with Crippen LogP contribution in [-0.2, 0) is 9.59 Å². The number of rotatable bonds is 10. The third-order valence-corrected chi connectivity index (χ3v) is 5.11. The van der Waals surface area contributed by atoms with Crippen molar-refractivity contribution in [3.8, 4) is 23.3 Å². The molecule has 3 rings (SSSR count). The van der Waals surface area contributed by atoms with Crippen molar-refractivity contribution in [2.75, 3.05) is 31.0 Å². The van der Waals surface area contributed by atoms with Crippen molar-refractivity contribution in [2.45, 2.75) is 6.92 Å². The fourth-order valence-electron chi connectivity index (χ4n) is 3.13. The molecule has 0 bridgehead atoms. The maximum atomic E-state index is 13.1. The van der Waals surface area contributed by atoms with E-state index in [0.29, 0.717) is 22.7 Å². The Balaban J connectivity index is 1.74. The molecule has 8 nitrogen and oxygen atoms in total. The van der Waals surface area contributed by atoms with Crippen molar-refractivity contribution in [2.24, 2.45) is 0 Å². The van der Waals surface area contributed by atoms with E-state index >= 15 is 0 Å². The molecule has 2 N–H and O–H groups in total. The molecule has 0 saturated heterocycles. The zero-order valence-corrected chi connectivity index (χ0v) is 20.8. The SMILES string of the molecule is CCOc1cc(/C=C(\C#N)C(=O)Nc2ccc(F)cc2)cc(Cl)c1OCC(=O)Nc1ccc(OC)cc1. The number of hydrogen-bond donors (Lipinski definition) is 2. The molecule has 190 valence electrons. The lowest BCUT2D eigenvalue weighted by molar-refractivity contribution is -0.118. The highest BCUT2D eigenvalue weighted by Gasteiger charge is 2.16. The van der Waals surface area contributed by atoms with Crippen molar-refractivity contribution in [1.29, 1.82) is 5.26 Å². The summed E-state index contributed by atoms with van der Waals surface area (Å²) in [6.45, 7) is 1.69. The Morgan fingerprint density at radius 2 is 1.68 bits per heavy atom. The van der Waals surface area contributed by atoms with Gasteiger partial charge in [-0.15, -0.1) is 0 Å². The van der Waals surface area contributed by atoms with Crippen LogP contribution < -0.4 is 24.8 Å². The molecule has 3 aromatic carbocycles. The maximum Gasteiger partial charge on any atom is 0.266 e. The minimum absolute atomic E-state index is 0.116. The summed E-state index contributed by atoms with van der Waals surface area (Å²) >= 11 is 6.40. The molecule has 0 unspecified atom stereocenters. The number of nitriles is 1. The molecule has 0 aromatic heterocycles. The van der Waals surface area contributed by atoms with Gasteiger partial charge < -0.3 is 24.8 Å². The normalized spacial score (nSPS) is 10.7. The molecule has 0 radical (unpaired) electrons. The number of halogens is 2. The molecule has 2 amide bonds. The number of anilines is 2. The molecule has 0 heterocycles. The standard InChI is InChI=1S/C27H23ClFN3O5/c1-3-36-24-14-17(12-18(15-30)27(34)32-21-6-4-19(29)5-7-21)13-23(28)26(24)37-16-25(33)31-20-8-10-22(35-2)11-9-20/h4-14H,3,16H2,1-2H3,(H,31,33)(H,32,34)/b18-12+. The van der Waals surface area contributed by atoms with E-state index in [2.05, 4.69) is 10.6 Å². The Morgan fingerprint density at radius 1 is 1.03 bits per heavy atom. The minimum Gasteiger partial charge on any atom is -0.497 e. The highest BCUT2D eigenvalue weighted by Crippen LogP contribution is 2.37. The van der Waals surface area contributed by atoms with Crippen molar-refractivity contribution in [1.82, 2.24) is 0 Å². The van der Waals surface area contributed by atoms with E-state index in [4.69, 9.17) is 25.8 Å². The first kappa shape index (κ1) is 27.0. The van der Waals surface area contributed by atoms with E-state index < -0.39 is 17.6 Å². The summed E-state index contributed by atoms with van der Waals surface area (Å²) in [7, 11) is 1.55. The number of carbonyl (C=O) groups excluding carboxylic acids is 2. The van der Waals surface area contributed by atoms with Gasteiger partial charge in [-0.05, 0) is 79.2 Å². The van der Waals surface area contributed by atoms with Gasteiger partial charge in [0.25, 0.3) is 11.8 Å². The second-order valence-corrected chi connectivity index (χ2v) is 7.87. The van der Waals surface area contributed by atoms with Crippen LogP contribution in [0, 0.1) is 17.1 Å². The van der Waals surface area contributed by atoms with Gasteiger partial charge in [0, 0.05) is 11.4 Å². The van der Waals surface area contributed by atoms with E-state index in [1.807, 2.05) is 6.07 Å². The number of benzene rings is 3. The molecule has 0 fully saturated rings. The zero-order chi connectivity index (χ0) is 26.8. The second kappa shape index (κ2) is 13.0. The lowest BCUT2D eigenvalue weighted by Gasteiger charge is -2.15. The summed E-state index contributed by atoms with van der Waals surface area (Å²) in [6, 6.07) is 16.8. The van der Waals surface area contributed by atoms with Crippen molar-refractivity contribution in [3.63, 3.8) is 0 Å². The fourth-order valence-corrected chi connectivity index (χ4v) is 3.40. The summed E-state index contributed by atoms with van der Waals surface area (Å²) in [5.74, 6) is -0.526. The average molecular weight is 524 g/mol. The number of methoxy groups -OCH3 is 1. The van der Waals surface area contributed by atoms with Gasteiger partial charge in [0.15, 0.2) is 18.1 Å². The smallest absolute Gasteiger partial charge is 0.266 e. The monoisotopic (exact) mass is 523 g/mol. The first-order valence-corrected chi connectivity index (χ1v) is 11.4. The molecule has 0 aliphatic rings. The van der Waals surface area contributed by atoms with Crippen molar-refractivity contribution >= 4 is 40.9 Å². The Morgan fingerprint density at radius 3 is 2.30 bits per heavy atom. The van der Waals surface area contributed by atoms with E-state index in [0.717, 1.165) is 0 Å². The van der Waals surface area contributed by atoms with Crippen LogP contribution in [-0.4, -0.2) is 32.1 Å². The maximum absolute atomic E-state index is 13.1.